The average molecular weight is 309 g/mol. The Labute approximate surface area is 134 Å². The number of hydrogen-bond donors (Lipinski definition) is 1. The molecule has 0 aliphatic heterocycles. The first-order valence-electron chi connectivity index (χ1n) is 7.60. The minimum Gasteiger partial charge on any atom is -0.481 e. The third-order valence-corrected chi connectivity index (χ3v) is 3.75. The number of para-hydroxylation sites is 1. The Hall–Kier alpha value is -2.82. The lowest BCUT2D eigenvalue weighted by molar-refractivity contribution is 0.0952. The number of carbonyl (C=O) groups excluding carboxylic acids is 1. The molecule has 1 N–H and O–H groups in total. The monoisotopic (exact) mass is 309 g/mol. The van der Waals surface area contributed by atoms with E-state index in [1.54, 1.807) is 19.2 Å². The molecule has 0 aliphatic carbocycles. The third-order valence-electron chi connectivity index (χ3n) is 3.75. The highest BCUT2D eigenvalue weighted by Crippen LogP contribution is 2.15. The molecule has 0 bridgehead atoms. The molecule has 2 heterocycles. The van der Waals surface area contributed by atoms with Gasteiger partial charge in [-0.25, -0.2) is 4.98 Å². The zero-order valence-corrected chi connectivity index (χ0v) is 13.0. The molecule has 118 valence electrons. The molecule has 1 amide bonds. The predicted molar refractivity (Wildman–Crippen MR) is 89.7 cm³/mol. The predicted octanol–water partition coefficient (Wildman–Crippen LogP) is 2.87. The Morgan fingerprint density at radius 3 is 2.87 bits per heavy atom. The lowest BCUT2D eigenvalue weighted by Gasteiger charge is -2.07. The Balaban J connectivity index is 1.50. The fraction of sp³-hybridized carbons (Fsp3) is 0.222. The van der Waals surface area contributed by atoms with Gasteiger partial charge < -0.3 is 14.6 Å². The van der Waals surface area contributed by atoms with Crippen molar-refractivity contribution in [3.63, 3.8) is 0 Å². The Bertz CT molecular complexity index is 793. The van der Waals surface area contributed by atoms with Gasteiger partial charge in [-0.3, -0.25) is 4.79 Å². The molecule has 0 aliphatic rings. The largest absolute Gasteiger partial charge is 0.481 e. The van der Waals surface area contributed by atoms with Gasteiger partial charge in [-0.1, -0.05) is 18.2 Å². The summed E-state index contributed by atoms with van der Waals surface area (Å²) in [5.74, 6) is 0.388. The van der Waals surface area contributed by atoms with Gasteiger partial charge in [0.1, 0.15) is 0 Å². The van der Waals surface area contributed by atoms with E-state index < -0.39 is 0 Å². The third kappa shape index (κ3) is 3.51. The van der Waals surface area contributed by atoms with Crippen LogP contribution in [0.4, 0.5) is 0 Å². The number of amides is 1. The summed E-state index contributed by atoms with van der Waals surface area (Å²) in [5, 5.41) is 4.15. The molecule has 3 rings (SSSR count). The van der Waals surface area contributed by atoms with Crippen LogP contribution in [0, 0.1) is 0 Å². The maximum atomic E-state index is 12.0. The van der Waals surface area contributed by atoms with Crippen LogP contribution in [0.2, 0.25) is 0 Å². The summed E-state index contributed by atoms with van der Waals surface area (Å²) in [7, 11) is 1.55. The molecular formula is C18H19N3O2. The van der Waals surface area contributed by atoms with Crippen molar-refractivity contribution in [3.8, 4) is 5.88 Å². The molecule has 1 aromatic carbocycles. The number of methoxy groups -OCH3 is 1. The van der Waals surface area contributed by atoms with E-state index in [-0.39, 0.29) is 5.91 Å². The highest BCUT2D eigenvalue weighted by Gasteiger charge is 2.06. The minimum absolute atomic E-state index is 0.113. The van der Waals surface area contributed by atoms with Crippen molar-refractivity contribution in [1.29, 1.82) is 0 Å². The van der Waals surface area contributed by atoms with E-state index >= 15 is 0 Å². The first-order chi connectivity index (χ1) is 11.3. The van der Waals surface area contributed by atoms with Crippen LogP contribution < -0.4 is 10.1 Å². The van der Waals surface area contributed by atoms with Gasteiger partial charge in [-0.15, -0.1) is 0 Å². The molecule has 0 radical (unpaired) electrons. The second kappa shape index (κ2) is 6.96. The Morgan fingerprint density at radius 1 is 1.22 bits per heavy atom. The van der Waals surface area contributed by atoms with Crippen LogP contribution in [0.5, 0.6) is 5.88 Å². The normalized spacial score (nSPS) is 10.7. The number of benzene rings is 1. The Morgan fingerprint density at radius 2 is 2.09 bits per heavy atom. The zero-order chi connectivity index (χ0) is 16.1. The molecule has 0 saturated heterocycles. The van der Waals surface area contributed by atoms with Crippen LogP contribution in [0.25, 0.3) is 10.9 Å². The van der Waals surface area contributed by atoms with Gasteiger partial charge in [0, 0.05) is 37.1 Å². The average Bonchev–Trinajstić information content (AvgIpc) is 3.02. The van der Waals surface area contributed by atoms with Crippen molar-refractivity contribution in [2.75, 3.05) is 13.7 Å². The zero-order valence-electron chi connectivity index (χ0n) is 13.0. The van der Waals surface area contributed by atoms with Crippen LogP contribution in [0.15, 0.2) is 54.9 Å². The number of pyridine rings is 1. The summed E-state index contributed by atoms with van der Waals surface area (Å²) >= 11 is 0. The van der Waals surface area contributed by atoms with Crippen molar-refractivity contribution in [2.24, 2.45) is 0 Å². The van der Waals surface area contributed by atoms with E-state index in [2.05, 4.69) is 39.3 Å². The quantitative estimate of drug-likeness (QED) is 0.712. The highest BCUT2D eigenvalue weighted by atomic mass is 16.5. The van der Waals surface area contributed by atoms with Crippen molar-refractivity contribution < 1.29 is 9.53 Å². The minimum atomic E-state index is -0.113. The Kier molecular flexibility index (Phi) is 4.57. The maximum Gasteiger partial charge on any atom is 0.252 e. The molecule has 0 atom stereocenters. The van der Waals surface area contributed by atoms with Crippen molar-refractivity contribution in [3.05, 3.63) is 60.4 Å². The number of hydrogen-bond acceptors (Lipinski definition) is 3. The van der Waals surface area contributed by atoms with Gasteiger partial charge in [-0.2, -0.15) is 0 Å². The summed E-state index contributed by atoms with van der Waals surface area (Å²) in [6.45, 7) is 1.49. The summed E-state index contributed by atoms with van der Waals surface area (Å²) < 4.78 is 7.18. The molecule has 0 unspecified atom stereocenters. The van der Waals surface area contributed by atoms with Crippen LogP contribution in [0.1, 0.15) is 16.8 Å². The number of carbonyl (C=O) groups is 1. The van der Waals surface area contributed by atoms with E-state index in [1.165, 1.54) is 17.1 Å². The van der Waals surface area contributed by atoms with Gasteiger partial charge in [0.15, 0.2) is 0 Å². The first-order valence-corrected chi connectivity index (χ1v) is 7.60. The molecule has 0 spiro atoms. The summed E-state index contributed by atoms with van der Waals surface area (Å²) in [6.07, 6.45) is 4.47. The number of aryl methyl sites for hydroxylation is 1. The molecule has 23 heavy (non-hydrogen) atoms. The lowest BCUT2D eigenvalue weighted by atomic mass is 10.2. The van der Waals surface area contributed by atoms with Crippen molar-refractivity contribution >= 4 is 16.8 Å². The molecule has 0 saturated carbocycles. The molecule has 3 aromatic rings. The first kappa shape index (κ1) is 15.1. The molecule has 2 aromatic heterocycles. The summed E-state index contributed by atoms with van der Waals surface area (Å²) in [5.41, 5.74) is 1.76. The fourth-order valence-corrected chi connectivity index (χ4v) is 2.52. The summed E-state index contributed by atoms with van der Waals surface area (Å²) in [4.78, 5) is 16.1. The second-order valence-electron chi connectivity index (χ2n) is 5.27. The summed E-state index contributed by atoms with van der Waals surface area (Å²) in [6, 6.07) is 13.8. The van der Waals surface area contributed by atoms with Crippen LogP contribution in [0.3, 0.4) is 0 Å². The van der Waals surface area contributed by atoms with Gasteiger partial charge >= 0.3 is 0 Å². The fourth-order valence-electron chi connectivity index (χ4n) is 2.52. The molecule has 5 nitrogen and oxygen atoms in total. The topological polar surface area (TPSA) is 56.1 Å². The van der Waals surface area contributed by atoms with Crippen LogP contribution in [-0.4, -0.2) is 29.1 Å². The number of nitrogens with one attached hydrogen (secondary N) is 1. The number of ether oxygens (including phenoxy) is 1. The SMILES string of the molecule is COc1ccc(C(=O)NCCCn2ccc3ccccc32)cn1. The van der Waals surface area contributed by atoms with Gasteiger partial charge in [0.05, 0.1) is 12.7 Å². The van der Waals surface area contributed by atoms with Gasteiger partial charge in [0.25, 0.3) is 5.91 Å². The molecular weight excluding hydrogens is 290 g/mol. The molecule has 5 heteroatoms. The van der Waals surface area contributed by atoms with Gasteiger partial charge in [-0.05, 0) is 30.0 Å². The maximum absolute atomic E-state index is 12.0. The van der Waals surface area contributed by atoms with E-state index in [9.17, 15) is 4.79 Å². The van der Waals surface area contributed by atoms with Crippen LogP contribution in [-0.2, 0) is 6.54 Å². The molecule has 0 fully saturated rings. The highest BCUT2D eigenvalue weighted by molar-refractivity contribution is 5.93. The van der Waals surface area contributed by atoms with Crippen molar-refractivity contribution in [1.82, 2.24) is 14.9 Å². The van der Waals surface area contributed by atoms with Gasteiger partial charge in [0.2, 0.25) is 5.88 Å². The number of nitrogens with zero attached hydrogens (tertiary/aromatic N) is 2. The number of fused-ring (bicyclic) bond motifs is 1. The smallest absolute Gasteiger partial charge is 0.252 e. The van der Waals surface area contributed by atoms with E-state index in [1.807, 2.05) is 12.1 Å². The lowest BCUT2D eigenvalue weighted by Crippen LogP contribution is -2.25. The van der Waals surface area contributed by atoms with E-state index in [4.69, 9.17) is 4.74 Å². The standard InChI is InChI=1S/C18H19N3O2/c1-23-17-8-7-15(13-20-17)18(22)19-10-4-11-21-12-9-14-5-2-3-6-16(14)21/h2-3,5-9,12-13H,4,10-11H2,1H3,(H,19,22). The van der Waals surface area contributed by atoms with E-state index in [0.29, 0.717) is 18.0 Å². The second-order valence-corrected chi connectivity index (χ2v) is 5.27. The number of aromatic nitrogens is 2. The number of rotatable bonds is 6. The van der Waals surface area contributed by atoms with Crippen molar-refractivity contribution in [2.45, 2.75) is 13.0 Å². The van der Waals surface area contributed by atoms with E-state index in [0.717, 1.165) is 13.0 Å². The van der Waals surface area contributed by atoms with Crippen LogP contribution >= 0.6 is 0 Å².